The molecule has 4 heteroatoms. The van der Waals surface area contributed by atoms with E-state index in [1.165, 1.54) is 37.1 Å². The van der Waals surface area contributed by atoms with Gasteiger partial charge in [0.15, 0.2) is 0 Å². The Kier molecular flexibility index (Phi) is 3.89. The minimum atomic E-state index is 0.622. The van der Waals surface area contributed by atoms with Crippen LogP contribution in [0.2, 0.25) is 0 Å². The van der Waals surface area contributed by atoms with Gasteiger partial charge in [0.1, 0.15) is 10.7 Å². The van der Waals surface area contributed by atoms with Gasteiger partial charge in [-0.25, -0.2) is 4.98 Å². The lowest BCUT2D eigenvalue weighted by molar-refractivity contribution is 0.442. The van der Waals surface area contributed by atoms with E-state index in [0.717, 1.165) is 20.7 Å². The average molecular weight is 337 g/mol. The second-order valence-corrected chi connectivity index (χ2v) is 7.00. The number of anilines is 1. The van der Waals surface area contributed by atoms with Crippen LogP contribution in [-0.4, -0.2) is 4.98 Å². The molecule has 1 aliphatic rings. The monoisotopic (exact) mass is 336 g/mol. The molecule has 2 aromatic rings. The van der Waals surface area contributed by atoms with Crippen LogP contribution in [0.3, 0.4) is 0 Å². The maximum atomic E-state index is 6.18. The third-order valence-electron chi connectivity index (χ3n) is 3.75. The number of nitrogens with two attached hydrogens (primary N) is 1. The molecule has 1 fully saturated rings. The van der Waals surface area contributed by atoms with Crippen LogP contribution in [0.4, 0.5) is 5.00 Å². The maximum Gasteiger partial charge on any atom is 0.114 e. The number of thiazole rings is 1. The van der Waals surface area contributed by atoms with Gasteiger partial charge in [-0.3, -0.25) is 0 Å². The minimum Gasteiger partial charge on any atom is -0.389 e. The number of benzene rings is 1. The van der Waals surface area contributed by atoms with E-state index in [0.29, 0.717) is 5.92 Å². The van der Waals surface area contributed by atoms with Gasteiger partial charge in [0.2, 0.25) is 0 Å². The SMILES string of the molecule is Nc1sc(C2CCCCC2)nc1-c1ccccc1Br. The Morgan fingerprint density at radius 2 is 1.89 bits per heavy atom. The van der Waals surface area contributed by atoms with E-state index in [1.807, 2.05) is 18.2 Å². The van der Waals surface area contributed by atoms with Gasteiger partial charge >= 0.3 is 0 Å². The third-order valence-corrected chi connectivity index (χ3v) is 5.49. The number of nitrogen functional groups attached to an aromatic ring is 1. The second kappa shape index (κ2) is 5.63. The molecule has 0 radical (unpaired) electrons. The topological polar surface area (TPSA) is 38.9 Å². The summed E-state index contributed by atoms with van der Waals surface area (Å²) in [5.41, 5.74) is 8.22. The molecule has 0 amide bonds. The number of hydrogen-bond acceptors (Lipinski definition) is 3. The zero-order valence-corrected chi connectivity index (χ0v) is 13.1. The molecule has 0 aliphatic heterocycles. The molecule has 19 heavy (non-hydrogen) atoms. The predicted molar refractivity (Wildman–Crippen MR) is 85.5 cm³/mol. The van der Waals surface area contributed by atoms with Crippen molar-refractivity contribution < 1.29 is 0 Å². The van der Waals surface area contributed by atoms with Crippen LogP contribution >= 0.6 is 27.3 Å². The predicted octanol–water partition coefficient (Wildman–Crippen LogP) is 5.20. The van der Waals surface area contributed by atoms with Crippen molar-refractivity contribution in [1.82, 2.24) is 4.98 Å². The van der Waals surface area contributed by atoms with E-state index in [1.54, 1.807) is 11.3 Å². The molecule has 1 heterocycles. The van der Waals surface area contributed by atoms with Crippen LogP contribution in [0.25, 0.3) is 11.3 Å². The molecule has 2 N–H and O–H groups in total. The Bertz CT molecular complexity index is 573. The van der Waals surface area contributed by atoms with Gasteiger partial charge in [0.25, 0.3) is 0 Å². The lowest BCUT2D eigenvalue weighted by atomic mass is 9.90. The van der Waals surface area contributed by atoms with Crippen molar-refractivity contribution in [3.05, 3.63) is 33.7 Å². The van der Waals surface area contributed by atoms with Crippen molar-refractivity contribution in [1.29, 1.82) is 0 Å². The first-order chi connectivity index (χ1) is 9.25. The van der Waals surface area contributed by atoms with Gasteiger partial charge in [-0.05, 0) is 18.9 Å². The highest BCUT2D eigenvalue weighted by Gasteiger charge is 2.21. The molecule has 1 aromatic carbocycles. The van der Waals surface area contributed by atoms with E-state index >= 15 is 0 Å². The van der Waals surface area contributed by atoms with Crippen molar-refractivity contribution in [2.45, 2.75) is 38.0 Å². The Hall–Kier alpha value is -0.870. The second-order valence-electron chi connectivity index (χ2n) is 5.08. The molecule has 0 atom stereocenters. The maximum absolute atomic E-state index is 6.18. The number of halogens is 1. The molecule has 0 saturated heterocycles. The lowest BCUT2D eigenvalue weighted by Crippen LogP contribution is -2.03. The van der Waals surface area contributed by atoms with Crippen molar-refractivity contribution in [3.63, 3.8) is 0 Å². The molecule has 100 valence electrons. The Balaban J connectivity index is 1.95. The van der Waals surface area contributed by atoms with Gasteiger partial charge in [0, 0.05) is 16.0 Å². The number of aromatic nitrogens is 1. The molecule has 0 bridgehead atoms. The van der Waals surface area contributed by atoms with Crippen LogP contribution in [0.1, 0.15) is 43.0 Å². The summed E-state index contributed by atoms with van der Waals surface area (Å²) in [5, 5.41) is 2.07. The Labute approximate surface area is 126 Å². The smallest absolute Gasteiger partial charge is 0.114 e. The van der Waals surface area contributed by atoms with Crippen LogP contribution < -0.4 is 5.73 Å². The fourth-order valence-corrected chi connectivity index (χ4v) is 4.21. The summed E-state index contributed by atoms with van der Waals surface area (Å²) in [6.07, 6.45) is 6.56. The summed E-state index contributed by atoms with van der Waals surface area (Å²) >= 11 is 5.25. The summed E-state index contributed by atoms with van der Waals surface area (Å²) in [4.78, 5) is 4.83. The van der Waals surface area contributed by atoms with E-state index in [2.05, 4.69) is 22.0 Å². The van der Waals surface area contributed by atoms with E-state index < -0.39 is 0 Å². The summed E-state index contributed by atoms with van der Waals surface area (Å²) < 4.78 is 1.06. The first kappa shape index (κ1) is 13.1. The first-order valence-electron chi connectivity index (χ1n) is 6.77. The zero-order valence-electron chi connectivity index (χ0n) is 10.7. The summed E-state index contributed by atoms with van der Waals surface area (Å²) in [6.45, 7) is 0. The van der Waals surface area contributed by atoms with Crippen molar-refractivity contribution in [2.75, 3.05) is 5.73 Å². The van der Waals surface area contributed by atoms with Crippen molar-refractivity contribution in [2.24, 2.45) is 0 Å². The Morgan fingerprint density at radius 3 is 2.63 bits per heavy atom. The van der Waals surface area contributed by atoms with Crippen LogP contribution in [0.15, 0.2) is 28.7 Å². The highest BCUT2D eigenvalue weighted by atomic mass is 79.9. The van der Waals surface area contributed by atoms with Crippen molar-refractivity contribution in [3.8, 4) is 11.3 Å². The first-order valence-corrected chi connectivity index (χ1v) is 8.38. The van der Waals surface area contributed by atoms with E-state index in [4.69, 9.17) is 10.7 Å². The van der Waals surface area contributed by atoms with Gasteiger partial charge in [-0.15, -0.1) is 11.3 Å². The molecule has 1 aliphatic carbocycles. The van der Waals surface area contributed by atoms with Gasteiger partial charge < -0.3 is 5.73 Å². The molecule has 0 spiro atoms. The standard InChI is InChI=1S/C15H17BrN2S/c16-12-9-5-4-8-11(12)13-14(17)19-15(18-13)10-6-2-1-3-7-10/h4-5,8-10H,1-3,6-7,17H2. The van der Waals surface area contributed by atoms with Gasteiger partial charge in [-0.1, -0.05) is 53.4 Å². The summed E-state index contributed by atoms with van der Waals surface area (Å²) in [6, 6.07) is 8.14. The van der Waals surface area contributed by atoms with Crippen LogP contribution in [-0.2, 0) is 0 Å². The highest BCUT2D eigenvalue weighted by molar-refractivity contribution is 9.10. The molecular formula is C15H17BrN2S. The molecule has 1 saturated carbocycles. The normalized spacial score (nSPS) is 16.7. The molecular weight excluding hydrogens is 320 g/mol. The van der Waals surface area contributed by atoms with Gasteiger partial charge in [-0.2, -0.15) is 0 Å². The van der Waals surface area contributed by atoms with E-state index in [9.17, 15) is 0 Å². The summed E-state index contributed by atoms with van der Waals surface area (Å²) in [5.74, 6) is 0.622. The number of hydrogen-bond donors (Lipinski definition) is 1. The number of nitrogens with zero attached hydrogens (tertiary/aromatic N) is 1. The number of rotatable bonds is 2. The quantitative estimate of drug-likeness (QED) is 0.818. The van der Waals surface area contributed by atoms with Gasteiger partial charge in [0.05, 0.1) is 5.01 Å². The van der Waals surface area contributed by atoms with E-state index in [-0.39, 0.29) is 0 Å². The lowest BCUT2D eigenvalue weighted by Gasteiger charge is -2.18. The minimum absolute atomic E-state index is 0.622. The molecule has 2 nitrogen and oxygen atoms in total. The fraction of sp³-hybridized carbons (Fsp3) is 0.400. The molecule has 0 unspecified atom stereocenters. The summed E-state index contributed by atoms with van der Waals surface area (Å²) in [7, 11) is 0. The van der Waals surface area contributed by atoms with Crippen molar-refractivity contribution >= 4 is 32.3 Å². The fourth-order valence-electron chi connectivity index (χ4n) is 2.72. The highest BCUT2D eigenvalue weighted by Crippen LogP contribution is 2.41. The Morgan fingerprint density at radius 1 is 1.16 bits per heavy atom. The van der Waals surface area contributed by atoms with Crippen LogP contribution in [0.5, 0.6) is 0 Å². The molecule has 1 aromatic heterocycles. The van der Waals surface area contributed by atoms with Crippen LogP contribution in [0, 0.1) is 0 Å². The third kappa shape index (κ3) is 2.70. The largest absolute Gasteiger partial charge is 0.389 e. The molecule has 3 rings (SSSR count). The zero-order chi connectivity index (χ0) is 13.2. The average Bonchev–Trinajstić information content (AvgIpc) is 2.82.